The first-order chi connectivity index (χ1) is 19.0. The maximum absolute atomic E-state index is 12.8. The van der Waals surface area contributed by atoms with Gasteiger partial charge in [-0.3, -0.25) is 19.2 Å². The van der Waals surface area contributed by atoms with Crippen molar-refractivity contribution in [2.45, 2.75) is 57.8 Å². The predicted octanol–water partition coefficient (Wildman–Crippen LogP) is 4.47. The summed E-state index contributed by atoms with van der Waals surface area (Å²) in [6.07, 6.45) is 7.93. The highest BCUT2D eigenvalue weighted by Crippen LogP contribution is 2.29. The zero-order chi connectivity index (χ0) is 27.2. The molecule has 2 aromatic rings. The van der Waals surface area contributed by atoms with E-state index in [4.69, 9.17) is 0 Å². The van der Waals surface area contributed by atoms with Crippen molar-refractivity contribution >= 4 is 35.0 Å². The van der Waals surface area contributed by atoms with Gasteiger partial charge in [0, 0.05) is 55.0 Å². The zero-order valence-electron chi connectivity index (χ0n) is 22.5. The minimum absolute atomic E-state index is 0.00403. The Morgan fingerprint density at radius 3 is 2.08 bits per heavy atom. The van der Waals surface area contributed by atoms with Gasteiger partial charge in [0.25, 0.3) is 5.91 Å². The molecule has 0 aromatic heterocycles. The minimum atomic E-state index is -0.170. The lowest BCUT2D eigenvalue weighted by Gasteiger charge is -2.33. The molecule has 2 heterocycles. The molecule has 206 valence electrons. The molecular weight excluding hydrogens is 492 g/mol. The van der Waals surface area contributed by atoms with Gasteiger partial charge in [-0.15, -0.1) is 0 Å². The summed E-state index contributed by atoms with van der Waals surface area (Å²) in [6.45, 7) is 2.87. The summed E-state index contributed by atoms with van der Waals surface area (Å²) in [4.78, 5) is 54.6. The Morgan fingerprint density at radius 1 is 0.692 bits per heavy atom. The molecule has 3 aliphatic rings. The van der Waals surface area contributed by atoms with Crippen LogP contribution >= 0.6 is 0 Å². The lowest BCUT2D eigenvalue weighted by molar-refractivity contribution is -0.138. The van der Waals surface area contributed by atoms with Crippen LogP contribution in [0, 0.1) is 11.8 Å². The molecule has 8 heteroatoms. The number of rotatable bonds is 7. The standard InChI is InChI=1S/C31H38N4O4/c36-28(32-27-9-5-8-25(21-27)31(39)34-16-3-4-17-34)20-22-10-12-26(13-11-22)33-29(37)23-14-18-35(19-15-23)30(38)24-6-1-2-7-24/h5,8-13,21,23-24H,1-4,6-7,14-20H2,(H,32,36)(H,33,37). The third-order valence-electron chi connectivity index (χ3n) is 8.25. The van der Waals surface area contributed by atoms with Gasteiger partial charge in [-0.1, -0.05) is 31.0 Å². The van der Waals surface area contributed by atoms with Crippen molar-refractivity contribution in [3.63, 3.8) is 0 Å². The van der Waals surface area contributed by atoms with E-state index in [1.807, 2.05) is 34.1 Å². The van der Waals surface area contributed by atoms with Crippen LogP contribution in [-0.4, -0.2) is 59.6 Å². The van der Waals surface area contributed by atoms with Crippen molar-refractivity contribution < 1.29 is 19.2 Å². The van der Waals surface area contributed by atoms with Gasteiger partial charge in [-0.2, -0.15) is 0 Å². The number of carbonyl (C=O) groups excluding carboxylic acids is 4. The van der Waals surface area contributed by atoms with Crippen LogP contribution < -0.4 is 10.6 Å². The average Bonchev–Trinajstić information content (AvgIpc) is 3.69. The van der Waals surface area contributed by atoms with Crippen molar-refractivity contribution in [3.8, 4) is 0 Å². The zero-order valence-corrected chi connectivity index (χ0v) is 22.5. The van der Waals surface area contributed by atoms with E-state index in [0.29, 0.717) is 42.9 Å². The van der Waals surface area contributed by atoms with Crippen molar-refractivity contribution in [1.29, 1.82) is 0 Å². The van der Waals surface area contributed by atoms with E-state index >= 15 is 0 Å². The minimum Gasteiger partial charge on any atom is -0.342 e. The van der Waals surface area contributed by atoms with Crippen LogP contribution in [0.4, 0.5) is 11.4 Å². The van der Waals surface area contributed by atoms with E-state index in [1.165, 1.54) is 0 Å². The van der Waals surface area contributed by atoms with Crippen LogP contribution in [0.25, 0.3) is 0 Å². The highest BCUT2D eigenvalue weighted by Gasteiger charge is 2.32. The van der Waals surface area contributed by atoms with E-state index in [-0.39, 0.29) is 41.9 Å². The molecule has 1 aliphatic carbocycles. The van der Waals surface area contributed by atoms with Gasteiger partial charge < -0.3 is 20.4 Å². The van der Waals surface area contributed by atoms with Gasteiger partial charge >= 0.3 is 0 Å². The summed E-state index contributed by atoms with van der Waals surface area (Å²) in [5, 5.41) is 5.88. The predicted molar refractivity (Wildman–Crippen MR) is 150 cm³/mol. The Balaban J connectivity index is 1.07. The highest BCUT2D eigenvalue weighted by atomic mass is 16.2. The number of likely N-dealkylation sites (tertiary alicyclic amines) is 2. The number of nitrogens with zero attached hydrogens (tertiary/aromatic N) is 2. The molecule has 2 N–H and O–H groups in total. The molecule has 0 spiro atoms. The van der Waals surface area contributed by atoms with Gasteiger partial charge in [0.15, 0.2) is 0 Å². The van der Waals surface area contributed by atoms with Crippen LogP contribution in [0.5, 0.6) is 0 Å². The Morgan fingerprint density at radius 2 is 1.38 bits per heavy atom. The van der Waals surface area contributed by atoms with Gasteiger partial charge in [-0.05, 0) is 74.4 Å². The van der Waals surface area contributed by atoms with Crippen molar-refractivity contribution in [2.24, 2.45) is 11.8 Å². The summed E-state index contributed by atoms with van der Waals surface area (Å²) in [6, 6.07) is 14.4. The maximum Gasteiger partial charge on any atom is 0.253 e. The number of carbonyl (C=O) groups is 4. The number of amides is 4. The molecule has 5 rings (SSSR count). The smallest absolute Gasteiger partial charge is 0.253 e. The molecule has 1 saturated carbocycles. The number of hydrogen-bond donors (Lipinski definition) is 2. The summed E-state index contributed by atoms with van der Waals surface area (Å²) < 4.78 is 0. The second-order valence-electron chi connectivity index (χ2n) is 11.1. The monoisotopic (exact) mass is 530 g/mol. The molecule has 0 radical (unpaired) electrons. The van der Waals surface area contributed by atoms with Crippen molar-refractivity contribution in [1.82, 2.24) is 9.80 Å². The van der Waals surface area contributed by atoms with Crippen molar-refractivity contribution in [3.05, 3.63) is 59.7 Å². The number of anilines is 2. The lowest BCUT2D eigenvalue weighted by atomic mass is 9.94. The van der Waals surface area contributed by atoms with Gasteiger partial charge in [0.1, 0.15) is 0 Å². The fourth-order valence-electron chi connectivity index (χ4n) is 5.97. The number of hydrogen-bond acceptors (Lipinski definition) is 4. The maximum atomic E-state index is 12.8. The second-order valence-corrected chi connectivity index (χ2v) is 11.1. The molecule has 2 aromatic carbocycles. The molecule has 0 unspecified atom stereocenters. The molecule has 0 atom stereocenters. The topological polar surface area (TPSA) is 98.8 Å². The fraction of sp³-hybridized carbons (Fsp3) is 0.484. The molecule has 4 amide bonds. The van der Waals surface area contributed by atoms with Crippen molar-refractivity contribution in [2.75, 3.05) is 36.8 Å². The summed E-state index contributed by atoms with van der Waals surface area (Å²) in [5.74, 6) is 0.174. The quantitative estimate of drug-likeness (QED) is 0.552. The average molecular weight is 531 g/mol. The molecule has 39 heavy (non-hydrogen) atoms. The fourth-order valence-corrected chi connectivity index (χ4v) is 5.97. The van der Waals surface area contributed by atoms with Crippen LogP contribution in [0.2, 0.25) is 0 Å². The van der Waals surface area contributed by atoms with E-state index in [0.717, 1.165) is 57.2 Å². The number of benzene rings is 2. The molecule has 3 fully saturated rings. The summed E-state index contributed by atoms with van der Waals surface area (Å²) >= 11 is 0. The Kier molecular flexibility index (Phi) is 8.59. The lowest BCUT2D eigenvalue weighted by Crippen LogP contribution is -2.43. The third kappa shape index (κ3) is 6.85. The van der Waals surface area contributed by atoms with E-state index in [9.17, 15) is 19.2 Å². The van der Waals surface area contributed by atoms with E-state index in [2.05, 4.69) is 10.6 Å². The SMILES string of the molecule is O=C(Cc1ccc(NC(=O)C2CCN(C(=O)C3CCCC3)CC2)cc1)Nc1cccc(C(=O)N2CCCC2)c1. The van der Waals surface area contributed by atoms with Crippen LogP contribution in [0.3, 0.4) is 0 Å². The highest BCUT2D eigenvalue weighted by molar-refractivity contribution is 5.98. The Hall–Kier alpha value is -3.68. The van der Waals surface area contributed by atoms with E-state index in [1.54, 1.807) is 24.3 Å². The van der Waals surface area contributed by atoms with Crippen LogP contribution in [-0.2, 0) is 20.8 Å². The number of nitrogens with one attached hydrogen (secondary N) is 2. The van der Waals surface area contributed by atoms with Crippen LogP contribution in [0.15, 0.2) is 48.5 Å². The molecule has 2 saturated heterocycles. The first-order valence-corrected chi connectivity index (χ1v) is 14.3. The first-order valence-electron chi connectivity index (χ1n) is 14.3. The van der Waals surface area contributed by atoms with Gasteiger partial charge in [-0.25, -0.2) is 0 Å². The summed E-state index contributed by atoms with van der Waals surface area (Å²) in [5.41, 5.74) is 2.71. The largest absolute Gasteiger partial charge is 0.342 e. The second kappa shape index (κ2) is 12.5. The number of piperidine rings is 1. The third-order valence-corrected chi connectivity index (χ3v) is 8.25. The van der Waals surface area contributed by atoms with Gasteiger partial charge in [0.05, 0.1) is 6.42 Å². The Bertz CT molecular complexity index is 1190. The molecular formula is C31H38N4O4. The first kappa shape index (κ1) is 26.9. The molecule has 2 aliphatic heterocycles. The normalized spacial score (nSPS) is 18.3. The Labute approximate surface area is 230 Å². The summed E-state index contributed by atoms with van der Waals surface area (Å²) in [7, 11) is 0. The van der Waals surface area contributed by atoms with E-state index < -0.39 is 0 Å². The molecule has 0 bridgehead atoms. The van der Waals surface area contributed by atoms with Gasteiger partial charge in [0.2, 0.25) is 17.7 Å². The molecule has 8 nitrogen and oxygen atoms in total. The van der Waals surface area contributed by atoms with Crippen LogP contribution in [0.1, 0.15) is 67.3 Å².